The molecule has 26 heavy (non-hydrogen) atoms. The number of rotatable bonds is 7. The maximum absolute atomic E-state index is 12.5. The molecule has 6 heteroatoms. The van der Waals surface area contributed by atoms with Crippen LogP contribution in [-0.2, 0) is 11.2 Å². The molecule has 0 aromatic heterocycles. The SMILES string of the molecule is CNC(=O)c1cccc(NC(=O)C(C)N(C)CCc2ccc(Br)cc2)c1. The summed E-state index contributed by atoms with van der Waals surface area (Å²) in [5.74, 6) is -0.280. The van der Waals surface area contributed by atoms with Gasteiger partial charge in [-0.25, -0.2) is 0 Å². The van der Waals surface area contributed by atoms with E-state index in [-0.39, 0.29) is 17.9 Å². The predicted octanol–water partition coefficient (Wildman–Crippen LogP) is 3.31. The van der Waals surface area contributed by atoms with Crippen LogP contribution < -0.4 is 10.6 Å². The molecule has 2 aromatic carbocycles. The van der Waals surface area contributed by atoms with Crippen molar-refractivity contribution >= 4 is 33.4 Å². The number of anilines is 1. The molecule has 0 spiro atoms. The third-order valence-corrected chi connectivity index (χ3v) is 4.86. The highest BCUT2D eigenvalue weighted by molar-refractivity contribution is 9.10. The molecule has 0 fully saturated rings. The van der Waals surface area contributed by atoms with Crippen molar-refractivity contribution < 1.29 is 9.59 Å². The van der Waals surface area contributed by atoms with E-state index in [1.54, 1.807) is 31.3 Å². The minimum absolute atomic E-state index is 0.0997. The Bertz CT molecular complexity index is 762. The summed E-state index contributed by atoms with van der Waals surface area (Å²) in [6, 6.07) is 14.8. The molecule has 2 amide bonds. The molecule has 0 bridgehead atoms. The topological polar surface area (TPSA) is 61.4 Å². The first-order valence-corrected chi connectivity index (χ1v) is 9.27. The normalized spacial score (nSPS) is 11.9. The summed E-state index contributed by atoms with van der Waals surface area (Å²) in [6.07, 6.45) is 0.869. The smallest absolute Gasteiger partial charge is 0.251 e. The lowest BCUT2D eigenvalue weighted by Crippen LogP contribution is -2.40. The summed E-state index contributed by atoms with van der Waals surface area (Å²) in [7, 11) is 3.51. The molecule has 5 nitrogen and oxygen atoms in total. The standard InChI is InChI=1S/C20H24BrN3O2/c1-14(24(3)12-11-15-7-9-17(21)10-8-15)19(25)23-18-6-4-5-16(13-18)20(26)22-2/h4-10,13-14H,11-12H2,1-3H3,(H,22,26)(H,23,25). The van der Waals surface area contributed by atoms with Crippen LogP contribution in [0.4, 0.5) is 5.69 Å². The Kier molecular flexibility index (Phi) is 7.36. The van der Waals surface area contributed by atoms with Gasteiger partial charge >= 0.3 is 0 Å². The van der Waals surface area contributed by atoms with Crippen molar-refractivity contribution in [1.29, 1.82) is 0 Å². The summed E-state index contributed by atoms with van der Waals surface area (Å²) in [5.41, 5.74) is 2.36. The largest absolute Gasteiger partial charge is 0.355 e. The van der Waals surface area contributed by atoms with E-state index >= 15 is 0 Å². The monoisotopic (exact) mass is 417 g/mol. The van der Waals surface area contributed by atoms with E-state index in [0.29, 0.717) is 11.3 Å². The van der Waals surface area contributed by atoms with E-state index in [1.807, 2.05) is 31.0 Å². The maximum Gasteiger partial charge on any atom is 0.251 e. The number of carbonyl (C=O) groups excluding carboxylic acids is 2. The van der Waals surface area contributed by atoms with Gasteiger partial charge in [-0.15, -0.1) is 0 Å². The molecule has 0 saturated carbocycles. The van der Waals surface area contributed by atoms with E-state index in [0.717, 1.165) is 17.4 Å². The van der Waals surface area contributed by atoms with E-state index in [4.69, 9.17) is 0 Å². The zero-order chi connectivity index (χ0) is 19.1. The zero-order valence-electron chi connectivity index (χ0n) is 15.3. The molecule has 138 valence electrons. The summed E-state index contributed by atoms with van der Waals surface area (Å²) in [5, 5.41) is 5.46. The van der Waals surface area contributed by atoms with Crippen LogP contribution in [0.5, 0.6) is 0 Å². The number of hydrogen-bond donors (Lipinski definition) is 2. The average molecular weight is 418 g/mol. The molecular formula is C20H24BrN3O2. The van der Waals surface area contributed by atoms with Gasteiger partial charge in [0.1, 0.15) is 0 Å². The molecule has 0 aliphatic rings. The second-order valence-corrected chi connectivity index (χ2v) is 7.10. The number of benzene rings is 2. The number of halogens is 1. The van der Waals surface area contributed by atoms with Gasteiger partial charge in [0, 0.05) is 29.3 Å². The lowest BCUT2D eigenvalue weighted by molar-refractivity contribution is -0.120. The summed E-state index contributed by atoms with van der Waals surface area (Å²) < 4.78 is 1.06. The molecule has 0 aliphatic carbocycles. The molecule has 0 saturated heterocycles. The fourth-order valence-electron chi connectivity index (χ4n) is 2.48. The van der Waals surface area contributed by atoms with Gasteiger partial charge in [0.15, 0.2) is 0 Å². The molecule has 2 aromatic rings. The molecule has 1 atom stereocenters. The first kappa shape index (κ1) is 20.1. The van der Waals surface area contributed by atoms with E-state index < -0.39 is 0 Å². The van der Waals surface area contributed by atoms with Crippen LogP contribution in [0.1, 0.15) is 22.8 Å². The highest BCUT2D eigenvalue weighted by Crippen LogP contribution is 2.13. The van der Waals surface area contributed by atoms with Crippen LogP contribution in [0, 0.1) is 0 Å². The van der Waals surface area contributed by atoms with Crippen molar-refractivity contribution in [2.24, 2.45) is 0 Å². The third-order valence-electron chi connectivity index (χ3n) is 4.33. The lowest BCUT2D eigenvalue weighted by atomic mass is 10.1. The third kappa shape index (κ3) is 5.68. The molecule has 1 unspecified atom stereocenters. The van der Waals surface area contributed by atoms with Gasteiger partial charge in [-0.05, 0) is 56.3 Å². The zero-order valence-corrected chi connectivity index (χ0v) is 16.8. The lowest BCUT2D eigenvalue weighted by Gasteiger charge is -2.24. The second-order valence-electron chi connectivity index (χ2n) is 6.18. The van der Waals surface area contributed by atoms with Gasteiger partial charge < -0.3 is 10.6 Å². The number of carbonyl (C=O) groups is 2. The van der Waals surface area contributed by atoms with Gasteiger partial charge in [-0.3, -0.25) is 14.5 Å². The first-order chi connectivity index (χ1) is 12.4. The number of likely N-dealkylation sites (N-methyl/N-ethyl adjacent to an activating group) is 1. The van der Waals surface area contributed by atoms with Gasteiger partial charge in [0.2, 0.25) is 5.91 Å². The Morgan fingerprint density at radius 2 is 1.85 bits per heavy atom. The van der Waals surface area contributed by atoms with Gasteiger partial charge in [-0.2, -0.15) is 0 Å². The number of nitrogens with zero attached hydrogens (tertiary/aromatic N) is 1. The Labute approximate surface area is 162 Å². The van der Waals surface area contributed by atoms with Crippen molar-refractivity contribution in [2.45, 2.75) is 19.4 Å². The quantitative estimate of drug-likeness (QED) is 0.726. The maximum atomic E-state index is 12.5. The van der Waals surface area contributed by atoms with Gasteiger partial charge in [0.05, 0.1) is 6.04 Å². The summed E-state index contributed by atoms with van der Waals surface area (Å²) in [4.78, 5) is 26.2. The highest BCUT2D eigenvalue weighted by Gasteiger charge is 2.18. The van der Waals surface area contributed by atoms with Crippen molar-refractivity contribution in [3.05, 3.63) is 64.1 Å². The van der Waals surface area contributed by atoms with Crippen LogP contribution in [-0.4, -0.2) is 43.4 Å². The van der Waals surface area contributed by atoms with Crippen molar-refractivity contribution in [3.8, 4) is 0 Å². The Morgan fingerprint density at radius 3 is 2.50 bits per heavy atom. The summed E-state index contributed by atoms with van der Waals surface area (Å²) in [6.45, 7) is 2.65. The Morgan fingerprint density at radius 1 is 1.15 bits per heavy atom. The van der Waals surface area contributed by atoms with Gasteiger partial charge in [-0.1, -0.05) is 34.1 Å². The molecule has 0 heterocycles. The second kappa shape index (κ2) is 9.50. The predicted molar refractivity (Wildman–Crippen MR) is 108 cm³/mol. The fraction of sp³-hybridized carbons (Fsp3) is 0.300. The van der Waals surface area contributed by atoms with Crippen LogP contribution in [0.15, 0.2) is 53.0 Å². The number of amides is 2. The van der Waals surface area contributed by atoms with Crippen LogP contribution in [0.25, 0.3) is 0 Å². The van der Waals surface area contributed by atoms with Crippen LogP contribution >= 0.6 is 15.9 Å². The fourth-order valence-corrected chi connectivity index (χ4v) is 2.74. The molecule has 2 N–H and O–H groups in total. The van der Waals surface area contributed by atoms with Gasteiger partial charge in [0.25, 0.3) is 5.91 Å². The number of hydrogen-bond acceptors (Lipinski definition) is 3. The van der Waals surface area contributed by atoms with E-state index in [2.05, 4.69) is 38.7 Å². The minimum Gasteiger partial charge on any atom is -0.355 e. The van der Waals surface area contributed by atoms with E-state index in [1.165, 1.54) is 5.56 Å². The first-order valence-electron chi connectivity index (χ1n) is 8.48. The van der Waals surface area contributed by atoms with Crippen molar-refractivity contribution in [1.82, 2.24) is 10.2 Å². The molecule has 2 rings (SSSR count). The van der Waals surface area contributed by atoms with Crippen LogP contribution in [0.3, 0.4) is 0 Å². The summed E-state index contributed by atoms with van der Waals surface area (Å²) >= 11 is 3.43. The van der Waals surface area contributed by atoms with Crippen molar-refractivity contribution in [2.75, 3.05) is 26.0 Å². The van der Waals surface area contributed by atoms with E-state index in [9.17, 15) is 9.59 Å². The van der Waals surface area contributed by atoms with Crippen LogP contribution in [0.2, 0.25) is 0 Å². The average Bonchev–Trinajstić information content (AvgIpc) is 2.66. The highest BCUT2D eigenvalue weighted by atomic mass is 79.9. The molecule has 0 aliphatic heterocycles. The Balaban J connectivity index is 1.91. The molecule has 0 radical (unpaired) electrons. The van der Waals surface area contributed by atoms with Crippen molar-refractivity contribution in [3.63, 3.8) is 0 Å². The number of nitrogens with one attached hydrogen (secondary N) is 2. The molecular weight excluding hydrogens is 394 g/mol. The minimum atomic E-state index is -0.283. The Hall–Kier alpha value is -2.18.